The van der Waals surface area contributed by atoms with Crippen molar-refractivity contribution >= 4 is 43.2 Å². The van der Waals surface area contributed by atoms with Gasteiger partial charge in [0.15, 0.2) is 0 Å². The van der Waals surface area contributed by atoms with Crippen LogP contribution in [0.3, 0.4) is 0 Å². The fraction of sp³-hybridized carbons (Fsp3) is 0.263. The molecular formula is C19H21N3O7S2. The zero-order valence-electron chi connectivity index (χ0n) is 17.2. The summed E-state index contributed by atoms with van der Waals surface area (Å²) in [7, 11) is -6.27. The maximum Gasteiger partial charge on any atom is 0.269 e. The molecule has 166 valence electrons. The average molecular weight is 468 g/mol. The Balaban J connectivity index is 1.92. The number of sulfonamides is 2. The van der Waals surface area contributed by atoms with E-state index in [1.54, 1.807) is 13.8 Å². The molecule has 10 nitrogen and oxygen atoms in total. The molecular weight excluding hydrogens is 446 g/mol. The molecule has 1 heterocycles. The van der Waals surface area contributed by atoms with Crippen molar-refractivity contribution in [1.82, 2.24) is 4.31 Å². The Labute approximate surface area is 180 Å². The van der Waals surface area contributed by atoms with E-state index in [-0.39, 0.29) is 33.1 Å². The van der Waals surface area contributed by atoms with Crippen molar-refractivity contribution in [3.63, 3.8) is 0 Å². The zero-order valence-corrected chi connectivity index (χ0v) is 18.8. The van der Waals surface area contributed by atoms with E-state index < -0.39 is 37.9 Å². The fourth-order valence-electron chi connectivity index (χ4n) is 3.17. The smallest absolute Gasteiger partial charge is 0.269 e. The predicted molar refractivity (Wildman–Crippen MR) is 114 cm³/mol. The molecule has 3 rings (SSSR count). The minimum Gasteiger partial charge on any atom is -0.495 e. The summed E-state index contributed by atoms with van der Waals surface area (Å²) < 4.78 is 56.7. The van der Waals surface area contributed by atoms with Gasteiger partial charge >= 0.3 is 0 Å². The van der Waals surface area contributed by atoms with E-state index in [0.717, 1.165) is 16.6 Å². The van der Waals surface area contributed by atoms with Crippen LogP contribution in [0, 0.1) is 0 Å². The van der Waals surface area contributed by atoms with Crippen LogP contribution in [0.1, 0.15) is 34.6 Å². The van der Waals surface area contributed by atoms with Crippen molar-refractivity contribution in [3.8, 4) is 5.75 Å². The molecule has 1 aliphatic rings. The Morgan fingerprint density at radius 1 is 1.13 bits per heavy atom. The number of benzene rings is 2. The highest BCUT2D eigenvalue weighted by molar-refractivity contribution is 7.92. The highest BCUT2D eigenvalue weighted by Crippen LogP contribution is 2.33. The number of rotatable bonds is 6. The second-order valence-corrected chi connectivity index (χ2v) is 10.7. The maximum absolute atomic E-state index is 12.7. The van der Waals surface area contributed by atoms with Crippen molar-refractivity contribution in [3.05, 3.63) is 47.5 Å². The molecule has 0 atom stereocenters. The fourth-order valence-corrected chi connectivity index (χ4v) is 5.52. The number of anilines is 2. The molecule has 0 radical (unpaired) electrons. The summed E-state index contributed by atoms with van der Waals surface area (Å²) in [5, 5.41) is 2.58. The molecule has 0 bridgehead atoms. The molecule has 2 amide bonds. The van der Waals surface area contributed by atoms with Gasteiger partial charge in [0.2, 0.25) is 10.0 Å². The number of amides is 2. The van der Waals surface area contributed by atoms with E-state index in [1.165, 1.54) is 37.4 Å². The lowest BCUT2D eigenvalue weighted by molar-refractivity contribution is 0.0846. The Hall–Kier alpha value is -3.12. The van der Waals surface area contributed by atoms with Gasteiger partial charge in [-0.2, -0.15) is 0 Å². The van der Waals surface area contributed by atoms with Gasteiger partial charge in [0.1, 0.15) is 10.6 Å². The number of fused-ring (bicyclic) bond motifs is 1. The predicted octanol–water partition coefficient (Wildman–Crippen LogP) is 1.87. The summed E-state index contributed by atoms with van der Waals surface area (Å²) in [6.07, 6.45) is 0.977. The standard InChI is InChI=1S/C19H21N3O7S2/c1-11(2)22-19(24)14-7-5-12(9-17(14)31(22,27)28)18(23)20-13-6-8-16(29-3)15(10-13)21-30(4,25)26/h5-11,21H,1-4H3,(H,20,23). The lowest BCUT2D eigenvalue weighted by Gasteiger charge is -2.18. The first kappa shape index (κ1) is 22.6. The quantitative estimate of drug-likeness (QED) is 0.661. The van der Waals surface area contributed by atoms with Gasteiger partial charge in [-0.25, -0.2) is 21.1 Å². The molecule has 2 aromatic carbocycles. The van der Waals surface area contributed by atoms with Crippen LogP contribution in [0.25, 0.3) is 0 Å². The number of ether oxygens (including phenoxy) is 1. The maximum atomic E-state index is 12.7. The van der Waals surface area contributed by atoms with Gasteiger partial charge in [0.25, 0.3) is 21.8 Å². The molecule has 0 spiro atoms. The summed E-state index contributed by atoms with van der Waals surface area (Å²) in [4.78, 5) is 24.9. The first-order chi connectivity index (χ1) is 14.3. The SMILES string of the molecule is COc1ccc(NC(=O)c2ccc3c(c2)S(=O)(=O)N(C(C)C)C3=O)cc1NS(C)(=O)=O. The molecule has 31 heavy (non-hydrogen) atoms. The van der Waals surface area contributed by atoms with Gasteiger partial charge < -0.3 is 10.1 Å². The number of nitrogens with zero attached hydrogens (tertiary/aromatic N) is 1. The van der Waals surface area contributed by atoms with Crippen molar-refractivity contribution in [2.24, 2.45) is 0 Å². The van der Waals surface area contributed by atoms with Crippen LogP contribution in [0.2, 0.25) is 0 Å². The number of carbonyl (C=O) groups excluding carboxylic acids is 2. The summed E-state index contributed by atoms with van der Waals surface area (Å²) in [5.41, 5.74) is 0.404. The number of carbonyl (C=O) groups is 2. The molecule has 0 aliphatic carbocycles. The number of nitrogens with one attached hydrogen (secondary N) is 2. The van der Waals surface area contributed by atoms with E-state index in [1.807, 2.05) is 0 Å². The van der Waals surface area contributed by atoms with Gasteiger partial charge in [-0.3, -0.25) is 14.3 Å². The van der Waals surface area contributed by atoms with Gasteiger partial charge in [-0.1, -0.05) is 0 Å². The minimum atomic E-state index is -4.05. The minimum absolute atomic E-state index is 0.00864. The highest BCUT2D eigenvalue weighted by atomic mass is 32.2. The monoisotopic (exact) mass is 467 g/mol. The Morgan fingerprint density at radius 3 is 2.39 bits per heavy atom. The van der Waals surface area contributed by atoms with Crippen LogP contribution in [0.15, 0.2) is 41.3 Å². The zero-order chi connectivity index (χ0) is 23.1. The van der Waals surface area contributed by atoms with Gasteiger partial charge in [-0.15, -0.1) is 0 Å². The van der Waals surface area contributed by atoms with Crippen molar-refractivity contribution in [1.29, 1.82) is 0 Å². The third-order valence-corrected chi connectivity index (χ3v) is 7.02. The summed E-state index contributed by atoms with van der Waals surface area (Å²) >= 11 is 0. The molecule has 2 aromatic rings. The molecule has 0 aromatic heterocycles. The Kier molecular flexibility index (Phi) is 5.72. The van der Waals surface area contributed by atoms with Crippen molar-refractivity contribution in [2.45, 2.75) is 24.8 Å². The van der Waals surface area contributed by atoms with Crippen LogP contribution in [-0.4, -0.2) is 52.4 Å². The second kappa shape index (κ2) is 7.85. The molecule has 0 saturated heterocycles. The number of methoxy groups -OCH3 is 1. The van der Waals surface area contributed by atoms with E-state index in [0.29, 0.717) is 0 Å². The molecule has 0 fully saturated rings. The molecule has 1 aliphatic heterocycles. The third-order valence-electron chi connectivity index (χ3n) is 4.43. The van der Waals surface area contributed by atoms with E-state index >= 15 is 0 Å². The van der Waals surface area contributed by atoms with Crippen LogP contribution in [-0.2, 0) is 20.0 Å². The summed E-state index contributed by atoms with van der Waals surface area (Å²) in [6, 6.07) is 7.57. The Morgan fingerprint density at radius 2 is 1.81 bits per heavy atom. The van der Waals surface area contributed by atoms with E-state index in [2.05, 4.69) is 10.0 Å². The highest BCUT2D eigenvalue weighted by Gasteiger charge is 2.42. The van der Waals surface area contributed by atoms with Crippen molar-refractivity contribution in [2.75, 3.05) is 23.4 Å². The van der Waals surface area contributed by atoms with E-state index in [4.69, 9.17) is 4.74 Å². The van der Waals surface area contributed by atoms with Crippen LogP contribution >= 0.6 is 0 Å². The van der Waals surface area contributed by atoms with Crippen LogP contribution in [0.5, 0.6) is 5.75 Å². The summed E-state index contributed by atoms with van der Waals surface area (Å²) in [6.45, 7) is 3.17. The summed E-state index contributed by atoms with van der Waals surface area (Å²) in [5.74, 6) is -1.02. The molecule has 12 heteroatoms. The molecule has 0 unspecified atom stereocenters. The Bertz CT molecular complexity index is 1290. The lowest BCUT2D eigenvalue weighted by Crippen LogP contribution is -2.36. The van der Waals surface area contributed by atoms with Gasteiger partial charge in [0.05, 0.1) is 24.6 Å². The topological polar surface area (TPSA) is 139 Å². The average Bonchev–Trinajstić information content (AvgIpc) is 2.86. The largest absolute Gasteiger partial charge is 0.495 e. The second-order valence-electron chi connectivity index (χ2n) is 7.15. The van der Waals surface area contributed by atoms with Crippen molar-refractivity contribution < 1.29 is 31.2 Å². The normalized spacial score (nSPS) is 15.0. The van der Waals surface area contributed by atoms with Crippen LogP contribution in [0.4, 0.5) is 11.4 Å². The molecule has 0 saturated carbocycles. The van der Waals surface area contributed by atoms with E-state index in [9.17, 15) is 26.4 Å². The first-order valence-electron chi connectivity index (χ1n) is 9.05. The van der Waals surface area contributed by atoms with Gasteiger partial charge in [-0.05, 0) is 50.2 Å². The number of hydrogen-bond donors (Lipinski definition) is 2. The third kappa shape index (κ3) is 4.35. The molecule has 2 N–H and O–H groups in total. The lowest BCUT2D eigenvalue weighted by atomic mass is 10.1. The van der Waals surface area contributed by atoms with Crippen LogP contribution < -0.4 is 14.8 Å². The first-order valence-corrected chi connectivity index (χ1v) is 12.4. The van der Waals surface area contributed by atoms with Gasteiger partial charge in [0, 0.05) is 17.3 Å². The number of hydrogen-bond acceptors (Lipinski definition) is 7.